The molecule has 4 rings (SSSR count). The molecule has 172 valence electrons. The highest BCUT2D eigenvalue weighted by Gasteiger charge is 2.46. The Morgan fingerprint density at radius 2 is 1.97 bits per heavy atom. The van der Waals surface area contributed by atoms with E-state index >= 15 is 0 Å². The van der Waals surface area contributed by atoms with Gasteiger partial charge in [-0.05, 0) is 50.3 Å². The quantitative estimate of drug-likeness (QED) is 0.648. The summed E-state index contributed by atoms with van der Waals surface area (Å²) in [6.07, 6.45) is -1.60. The zero-order valence-electron chi connectivity index (χ0n) is 17.0. The molecule has 1 aliphatic heterocycles. The van der Waals surface area contributed by atoms with Crippen LogP contribution >= 0.6 is 0 Å². The highest BCUT2D eigenvalue weighted by atomic mass is 19.4. The topological polar surface area (TPSA) is 99.2 Å². The molecule has 2 aliphatic rings. The molecule has 1 atom stereocenters. The minimum Gasteiger partial charge on any atom is -0.376 e. The zero-order chi connectivity index (χ0) is 23.0. The number of anilines is 1. The van der Waals surface area contributed by atoms with E-state index in [1.54, 1.807) is 0 Å². The molecule has 0 bridgehead atoms. The fraction of sp³-hybridized carbons (Fsp3) is 0.476. The number of halogens is 4. The van der Waals surface area contributed by atoms with Crippen molar-refractivity contribution >= 4 is 17.5 Å². The zero-order valence-corrected chi connectivity index (χ0v) is 17.0. The highest BCUT2D eigenvalue weighted by Crippen LogP contribution is 2.46. The summed E-state index contributed by atoms with van der Waals surface area (Å²) in [5.74, 6) is -3.37. The lowest BCUT2D eigenvalue weighted by Crippen LogP contribution is -2.29. The van der Waals surface area contributed by atoms with Crippen molar-refractivity contribution in [1.82, 2.24) is 9.78 Å². The molecular weight excluding hydrogens is 432 g/mol. The second-order valence-electron chi connectivity index (χ2n) is 8.06. The molecule has 1 unspecified atom stereocenters. The summed E-state index contributed by atoms with van der Waals surface area (Å²) < 4.78 is 62.5. The van der Waals surface area contributed by atoms with Gasteiger partial charge in [0.1, 0.15) is 17.1 Å². The van der Waals surface area contributed by atoms with E-state index in [1.807, 2.05) is 0 Å². The van der Waals surface area contributed by atoms with Gasteiger partial charge in [0.25, 0.3) is 11.8 Å². The number of ether oxygens (including phenoxy) is 1. The number of alkyl halides is 3. The number of benzene rings is 1. The molecule has 32 heavy (non-hydrogen) atoms. The minimum absolute atomic E-state index is 0.00844. The number of hydrogen-bond acceptors (Lipinski definition) is 4. The van der Waals surface area contributed by atoms with Crippen LogP contribution in [0.2, 0.25) is 0 Å². The predicted octanol–water partition coefficient (Wildman–Crippen LogP) is 3.84. The molecule has 1 saturated carbocycles. The number of rotatable bonds is 6. The van der Waals surface area contributed by atoms with Gasteiger partial charge in [-0.15, -0.1) is 0 Å². The smallest absolute Gasteiger partial charge is 0.376 e. The normalized spacial score (nSPS) is 19.1. The lowest BCUT2D eigenvalue weighted by Gasteiger charge is -2.23. The molecule has 7 nitrogen and oxygen atoms in total. The molecule has 2 amide bonds. The summed E-state index contributed by atoms with van der Waals surface area (Å²) in [6.45, 7) is 0.509. The van der Waals surface area contributed by atoms with Crippen LogP contribution < -0.4 is 11.1 Å². The minimum atomic E-state index is -4.79. The maximum absolute atomic E-state index is 14.0. The largest absolute Gasteiger partial charge is 0.420 e. The number of primary amides is 1. The van der Waals surface area contributed by atoms with Crippen LogP contribution in [0.15, 0.2) is 18.2 Å². The Bertz CT molecular complexity index is 1040. The van der Waals surface area contributed by atoms with Gasteiger partial charge in [0.2, 0.25) is 0 Å². The second kappa shape index (κ2) is 8.53. The van der Waals surface area contributed by atoms with Gasteiger partial charge < -0.3 is 15.8 Å². The fourth-order valence-corrected chi connectivity index (χ4v) is 3.89. The van der Waals surface area contributed by atoms with E-state index in [1.165, 1.54) is 0 Å². The van der Waals surface area contributed by atoms with Crippen LogP contribution in [-0.4, -0.2) is 34.3 Å². The molecule has 11 heteroatoms. The van der Waals surface area contributed by atoms with Crippen molar-refractivity contribution in [3.05, 3.63) is 46.5 Å². The van der Waals surface area contributed by atoms with Gasteiger partial charge in [0.05, 0.1) is 23.9 Å². The third-order valence-electron chi connectivity index (χ3n) is 5.58. The van der Waals surface area contributed by atoms with Crippen molar-refractivity contribution in [3.8, 4) is 0 Å². The van der Waals surface area contributed by atoms with E-state index < -0.39 is 40.6 Å². The van der Waals surface area contributed by atoms with Crippen LogP contribution in [0.1, 0.15) is 70.1 Å². The predicted molar refractivity (Wildman–Crippen MR) is 106 cm³/mol. The Morgan fingerprint density at radius 1 is 1.22 bits per heavy atom. The van der Waals surface area contributed by atoms with E-state index in [2.05, 4.69) is 10.4 Å². The maximum Gasteiger partial charge on any atom is 0.420 e. The lowest BCUT2D eigenvalue weighted by molar-refractivity contribution is -0.138. The summed E-state index contributed by atoms with van der Waals surface area (Å²) >= 11 is 0. The van der Waals surface area contributed by atoms with Crippen LogP contribution in [0.3, 0.4) is 0 Å². The van der Waals surface area contributed by atoms with Crippen LogP contribution in [0.5, 0.6) is 0 Å². The molecule has 2 heterocycles. The van der Waals surface area contributed by atoms with Crippen molar-refractivity contribution < 1.29 is 31.9 Å². The molecule has 3 N–H and O–H groups in total. The average molecular weight is 454 g/mol. The SMILES string of the molecule is NC(=O)c1cc(NC(=O)c2c(C(F)(F)F)c(C3CC3)nn2CC2CCCCO2)ccc1F. The first-order chi connectivity index (χ1) is 15.1. The van der Waals surface area contributed by atoms with Gasteiger partial charge in [0.15, 0.2) is 0 Å². The molecule has 2 aromatic rings. The third kappa shape index (κ3) is 4.62. The van der Waals surface area contributed by atoms with Crippen molar-refractivity contribution in [3.63, 3.8) is 0 Å². The van der Waals surface area contributed by atoms with Gasteiger partial charge >= 0.3 is 6.18 Å². The standard InChI is InChI=1S/C21H22F4N4O3/c22-15-7-6-12(9-14(15)19(26)30)27-20(31)18-16(21(23,24)25)17(11-4-5-11)28-29(18)10-13-3-1-2-8-32-13/h6-7,9,11,13H,1-5,8,10H2,(H2,26,30)(H,27,31). The van der Waals surface area contributed by atoms with Crippen LogP contribution in [0.4, 0.5) is 23.2 Å². The molecule has 1 aromatic heterocycles. The monoisotopic (exact) mass is 454 g/mol. The van der Waals surface area contributed by atoms with Crippen molar-refractivity contribution in [2.45, 2.75) is 56.8 Å². The Hall–Kier alpha value is -2.95. The highest BCUT2D eigenvalue weighted by molar-refractivity contribution is 6.05. The number of aromatic nitrogens is 2. The molecule has 1 aromatic carbocycles. The average Bonchev–Trinajstić information content (AvgIpc) is 3.50. The summed E-state index contributed by atoms with van der Waals surface area (Å²) in [7, 11) is 0. The van der Waals surface area contributed by atoms with Gasteiger partial charge in [0, 0.05) is 18.2 Å². The molecule has 0 spiro atoms. The van der Waals surface area contributed by atoms with Crippen molar-refractivity contribution in [2.24, 2.45) is 5.73 Å². The number of carbonyl (C=O) groups excluding carboxylic acids is 2. The van der Waals surface area contributed by atoms with Crippen LogP contribution in [0, 0.1) is 5.82 Å². The molecular formula is C21H22F4N4O3. The first kappa shape index (κ1) is 22.3. The van der Waals surface area contributed by atoms with Crippen molar-refractivity contribution in [2.75, 3.05) is 11.9 Å². The number of carbonyl (C=O) groups is 2. The van der Waals surface area contributed by atoms with Crippen molar-refractivity contribution in [1.29, 1.82) is 0 Å². The second-order valence-corrected chi connectivity index (χ2v) is 8.06. The summed E-state index contributed by atoms with van der Waals surface area (Å²) in [6, 6.07) is 3.03. The number of hydrogen-bond donors (Lipinski definition) is 2. The Morgan fingerprint density at radius 3 is 2.56 bits per heavy atom. The van der Waals surface area contributed by atoms with Crippen LogP contribution in [0.25, 0.3) is 0 Å². The van der Waals surface area contributed by atoms with Gasteiger partial charge in [-0.2, -0.15) is 18.3 Å². The molecule has 1 aliphatic carbocycles. The Labute approximate surface area is 180 Å². The number of nitrogens with zero attached hydrogens (tertiary/aromatic N) is 2. The van der Waals surface area contributed by atoms with Crippen LogP contribution in [-0.2, 0) is 17.5 Å². The summed E-state index contributed by atoms with van der Waals surface area (Å²) in [5, 5.41) is 6.51. The first-order valence-electron chi connectivity index (χ1n) is 10.4. The van der Waals surface area contributed by atoms with E-state index in [-0.39, 0.29) is 29.9 Å². The molecule has 1 saturated heterocycles. The lowest BCUT2D eigenvalue weighted by atomic mass is 10.1. The molecule has 2 fully saturated rings. The van der Waals surface area contributed by atoms with E-state index in [0.717, 1.165) is 35.7 Å². The van der Waals surface area contributed by atoms with E-state index in [9.17, 15) is 27.2 Å². The number of nitrogens with one attached hydrogen (secondary N) is 1. The summed E-state index contributed by atoms with van der Waals surface area (Å²) in [4.78, 5) is 24.4. The maximum atomic E-state index is 14.0. The fourth-order valence-electron chi connectivity index (χ4n) is 3.89. The van der Waals surface area contributed by atoms with Gasteiger partial charge in [-0.3, -0.25) is 14.3 Å². The third-order valence-corrected chi connectivity index (χ3v) is 5.58. The molecule has 0 radical (unpaired) electrons. The summed E-state index contributed by atoms with van der Waals surface area (Å²) in [5.41, 5.74) is 2.73. The Balaban J connectivity index is 1.72. The number of nitrogens with two attached hydrogens (primary N) is 1. The first-order valence-corrected chi connectivity index (χ1v) is 10.4. The van der Waals surface area contributed by atoms with E-state index in [0.29, 0.717) is 25.9 Å². The van der Waals surface area contributed by atoms with Gasteiger partial charge in [-0.1, -0.05) is 0 Å². The van der Waals surface area contributed by atoms with Gasteiger partial charge in [-0.25, -0.2) is 4.39 Å². The number of amides is 2. The van der Waals surface area contributed by atoms with E-state index in [4.69, 9.17) is 10.5 Å². The Kier molecular flexibility index (Phi) is 5.93.